The van der Waals surface area contributed by atoms with E-state index < -0.39 is 12.0 Å². The van der Waals surface area contributed by atoms with Gasteiger partial charge in [-0.05, 0) is 59.2 Å². The molecule has 0 aromatic carbocycles. The molecule has 1 unspecified atom stereocenters. The zero-order chi connectivity index (χ0) is 27.5. The summed E-state index contributed by atoms with van der Waals surface area (Å²) in [5.74, 6) is -1.26. The predicted octanol–water partition coefficient (Wildman–Crippen LogP) is 5.42. The van der Waals surface area contributed by atoms with Gasteiger partial charge in [-0.15, -0.1) is 0 Å². The highest BCUT2D eigenvalue weighted by molar-refractivity contribution is 5.74. The van der Waals surface area contributed by atoms with Crippen molar-refractivity contribution in [1.29, 1.82) is 0 Å². The fourth-order valence-corrected chi connectivity index (χ4v) is 4.88. The Morgan fingerprint density at radius 3 is 2.05 bits per heavy atom. The van der Waals surface area contributed by atoms with Crippen LogP contribution < -0.4 is 0 Å². The Morgan fingerprint density at radius 1 is 0.865 bits per heavy atom. The molecule has 1 aliphatic rings. The molecule has 1 fully saturated rings. The minimum atomic E-state index is -0.876. The van der Waals surface area contributed by atoms with Crippen LogP contribution in [0.15, 0.2) is 0 Å². The molecule has 1 rings (SSSR count). The molecule has 0 aromatic heterocycles. The van der Waals surface area contributed by atoms with E-state index in [2.05, 4.69) is 13.8 Å². The summed E-state index contributed by atoms with van der Waals surface area (Å²) in [6.07, 6.45) is 14.5. The van der Waals surface area contributed by atoms with Crippen molar-refractivity contribution in [2.24, 2.45) is 0 Å². The summed E-state index contributed by atoms with van der Waals surface area (Å²) in [7, 11) is 3.79. The van der Waals surface area contributed by atoms with Crippen LogP contribution in [0.25, 0.3) is 0 Å². The number of aliphatic carboxylic acids is 1. The summed E-state index contributed by atoms with van der Waals surface area (Å²) in [6.45, 7) is 6.08. The molecule has 0 aromatic rings. The van der Waals surface area contributed by atoms with E-state index in [0.717, 1.165) is 44.9 Å². The second-order valence-electron chi connectivity index (χ2n) is 10.9. The lowest BCUT2D eigenvalue weighted by Crippen LogP contribution is -2.36. The number of hydrogen-bond acceptors (Lipinski definition) is 7. The fraction of sp³-hybridized carbons (Fsp3) is 0.897. The van der Waals surface area contributed by atoms with Crippen LogP contribution in [-0.2, 0) is 23.9 Å². The summed E-state index contributed by atoms with van der Waals surface area (Å²) in [5, 5.41) is 9.60. The maximum absolute atomic E-state index is 12.5. The van der Waals surface area contributed by atoms with Gasteiger partial charge in [0.2, 0.25) is 0 Å². The van der Waals surface area contributed by atoms with E-state index in [0.29, 0.717) is 38.9 Å². The SMILES string of the molecule is CCCCCCC(CCCCCC)OC(=O)CCCCCN1CC(OC(=O)CCN(C)C)C[C@H]1C(=O)O. The van der Waals surface area contributed by atoms with E-state index >= 15 is 0 Å². The van der Waals surface area contributed by atoms with Gasteiger partial charge in [-0.1, -0.05) is 58.8 Å². The van der Waals surface area contributed by atoms with Crippen LogP contribution in [0.4, 0.5) is 0 Å². The van der Waals surface area contributed by atoms with Gasteiger partial charge in [-0.2, -0.15) is 0 Å². The Bertz CT molecular complexity index is 630. The first-order valence-electron chi connectivity index (χ1n) is 14.8. The van der Waals surface area contributed by atoms with Crippen molar-refractivity contribution in [3.8, 4) is 0 Å². The highest BCUT2D eigenvalue weighted by Gasteiger charge is 2.38. The van der Waals surface area contributed by atoms with Gasteiger partial charge in [0.25, 0.3) is 0 Å². The number of carboxylic acids is 1. The van der Waals surface area contributed by atoms with E-state index in [9.17, 15) is 19.5 Å². The number of hydrogen-bond donors (Lipinski definition) is 1. The highest BCUT2D eigenvalue weighted by Crippen LogP contribution is 2.22. The molecule has 0 saturated carbocycles. The van der Waals surface area contributed by atoms with Crippen molar-refractivity contribution < 1.29 is 29.0 Å². The number of nitrogens with zero attached hydrogens (tertiary/aromatic N) is 2. The van der Waals surface area contributed by atoms with Gasteiger partial charge < -0.3 is 19.5 Å². The number of ether oxygens (including phenoxy) is 2. The first-order chi connectivity index (χ1) is 17.8. The second kappa shape index (κ2) is 20.3. The van der Waals surface area contributed by atoms with Crippen LogP contribution in [0.2, 0.25) is 0 Å². The van der Waals surface area contributed by atoms with Gasteiger partial charge in [0.1, 0.15) is 18.2 Å². The van der Waals surface area contributed by atoms with Crippen molar-refractivity contribution in [3.05, 3.63) is 0 Å². The van der Waals surface area contributed by atoms with Crippen LogP contribution in [0.5, 0.6) is 0 Å². The summed E-state index contributed by atoms with van der Waals surface area (Å²) in [5.41, 5.74) is 0. The Kier molecular flexibility index (Phi) is 18.3. The molecule has 0 radical (unpaired) electrons. The van der Waals surface area contributed by atoms with E-state index in [1.165, 1.54) is 38.5 Å². The monoisotopic (exact) mass is 526 g/mol. The molecule has 37 heavy (non-hydrogen) atoms. The largest absolute Gasteiger partial charge is 0.480 e. The molecular weight excluding hydrogens is 472 g/mol. The van der Waals surface area contributed by atoms with Gasteiger partial charge in [0, 0.05) is 25.9 Å². The molecule has 0 spiro atoms. The molecule has 1 heterocycles. The van der Waals surface area contributed by atoms with Gasteiger partial charge in [0.05, 0.1) is 6.42 Å². The van der Waals surface area contributed by atoms with E-state index in [4.69, 9.17) is 9.47 Å². The lowest BCUT2D eigenvalue weighted by atomic mass is 10.0. The van der Waals surface area contributed by atoms with E-state index in [1.54, 1.807) is 0 Å². The van der Waals surface area contributed by atoms with Gasteiger partial charge in [0.15, 0.2) is 0 Å². The van der Waals surface area contributed by atoms with Crippen LogP contribution in [0.3, 0.4) is 0 Å². The maximum Gasteiger partial charge on any atom is 0.321 e. The molecule has 0 aliphatic carbocycles. The van der Waals surface area contributed by atoms with Gasteiger partial charge >= 0.3 is 17.9 Å². The zero-order valence-electron chi connectivity index (χ0n) is 24.0. The average molecular weight is 527 g/mol. The zero-order valence-corrected chi connectivity index (χ0v) is 24.0. The van der Waals surface area contributed by atoms with Crippen LogP contribution in [0.1, 0.15) is 117 Å². The van der Waals surface area contributed by atoms with Gasteiger partial charge in [-0.3, -0.25) is 19.3 Å². The van der Waals surface area contributed by atoms with Crippen molar-refractivity contribution >= 4 is 17.9 Å². The van der Waals surface area contributed by atoms with E-state index in [-0.39, 0.29) is 24.1 Å². The van der Waals surface area contributed by atoms with E-state index in [1.807, 2.05) is 23.9 Å². The lowest BCUT2D eigenvalue weighted by molar-refractivity contribution is -0.150. The summed E-state index contributed by atoms with van der Waals surface area (Å²) < 4.78 is 11.4. The molecule has 1 saturated heterocycles. The van der Waals surface area contributed by atoms with Crippen molar-refractivity contribution in [2.75, 3.05) is 33.7 Å². The normalized spacial score (nSPS) is 18.0. The van der Waals surface area contributed by atoms with Crippen molar-refractivity contribution in [1.82, 2.24) is 9.80 Å². The topological polar surface area (TPSA) is 96.4 Å². The third-order valence-corrected chi connectivity index (χ3v) is 7.10. The molecule has 0 amide bonds. The number of unbranched alkanes of at least 4 members (excludes halogenated alkanes) is 8. The smallest absolute Gasteiger partial charge is 0.321 e. The molecular formula is C29H54N2O6. The minimum absolute atomic E-state index is 0.0412. The lowest BCUT2D eigenvalue weighted by Gasteiger charge is -2.20. The molecule has 0 bridgehead atoms. The molecule has 8 heteroatoms. The highest BCUT2D eigenvalue weighted by atomic mass is 16.5. The first-order valence-corrected chi connectivity index (χ1v) is 14.8. The standard InChI is InChI=1S/C29H54N2O6/c1-5-7-9-12-16-24(17-13-10-8-6-2)36-27(32)18-14-11-15-20-31-23-25(22-26(31)29(34)35)37-28(33)19-21-30(3)4/h24-26H,5-23H2,1-4H3,(H,34,35)/t25?,26-/m0/s1. The minimum Gasteiger partial charge on any atom is -0.480 e. The summed E-state index contributed by atoms with van der Waals surface area (Å²) in [6, 6.07) is -0.627. The maximum atomic E-state index is 12.5. The predicted molar refractivity (Wildman–Crippen MR) is 147 cm³/mol. The van der Waals surface area contributed by atoms with Crippen LogP contribution in [-0.4, -0.2) is 84.8 Å². The quantitative estimate of drug-likeness (QED) is 0.148. The average Bonchev–Trinajstić information content (AvgIpc) is 3.25. The fourth-order valence-electron chi connectivity index (χ4n) is 4.88. The third-order valence-electron chi connectivity index (χ3n) is 7.10. The number of carboxylic acid groups (broad SMARTS) is 1. The number of carbonyl (C=O) groups excluding carboxylic acids is 2. The van der Waals surface area contributed by atoms with Crippen LogP contribution >= 0.6 is 0 Å². The second-order valence-corrected chi connectivity index (χ2v) is 10.9. The number of carbonyl (C=O) groups is 3. The van der Waals surface area contributed by atoms with Crippen molar-refractivity contribution in [3.63, 3.8) is 0 Å². The van der Waals surface area contributed by atoms with Gasteiger partial charge in [-0.25, -0.2) is 0 Å². The summed E-state index contributed by atoms with van der Waals surface area (Å²) >= 11 is 0. The Hall–Kier alpha value is -1.67. The Balaban J connectivity index is 2.34. The first kappa shape index (κ1) is 33.4. The number of esters is 2. The molecule has 2 atom stereocenters. The number of rotatable bonds is 22. The summed E-state index contributed by atoms with van der Waals surface area (Å²) in [4.78, 5) is 40.0. The Morgan fingerprint density at radius 2 is 1.49 bits per heavy atom. The molecule has 8 nitrogen and oxygen atoms in total. The molecule has 1 N–H and O–H groups in total. The molecule has 1 aliphatic heterocycles. The molecule has 216 valence electrons. The number of likely N-dealkylation sites (tertiary alicyclic amines) is 1. The third kappa shape index (κ3) is 16.0. The Labute approximate surface area is 225 Å². The van der Waals surface area contributed by atoms with Crippen molar-refractivity contribution in [2.45, 2.75) is 135 Å². The van der Waals surface area contributed by atoms with Crippen LogP contribution in [0, 0.1) is 0 Å².